The molecule has 0 saturated heterocycles. The number of aromatic amines is 1. The Kier molecular flexibility index (Phi) is 9.74. The largest absolute Gasteiger partial charge is 0.458 e. The number of carbonyl (C=O) groups excluding carboxylic acids is 1. The zero-order valence-corrected chi connectivity index (χ0v) is 24.5. The highest BCUT2D eigenvalue weighted by Crippen LogP contribution is 2.30. The molecule has 42 heavy (non-hydrogen) atoms. The number of ether oxygens (including phenoxy) is 1. The molecular weight excluding hydrogens is 550 g/mol. The van der Waals surface area contributed by atoms with Crippen LogP contribution < -0.4 is 5.32 Å². The Labute approximate surface area is 250 Å². The van der Waals surface area contributed by atoms with E-state index in [0.29, 0.717) is 29.6 Å². The van der Waals surface area contributed by atoms with Crippen molar-refractivity contribution in [2.45, 2.75) is 51.8 Å². The minimum atomic E-state index is -0.468. The molecule has 10 heteroatoms. The van der Waals surface area contributed by atoms with E-state index in [1.54, 1.807) is 7.05 Å². The zero-order valence-electron chi connectivity index (χ0n) is 23.8. The molecule has 0 bridgehead atoms. The summed E-state index contributed by atoms with van der Waals surface area (Å²) in [5, 5.41) is 18.0. The minimum absolute atomic E-state index is 0.0416. The second kappa shape index (κ2) is 14.0. The number of H-pyrrole nitrogens is 1. The third kappa shape index (κ3) is 6.92. The average Bonchev–Trinajstić information content (AvgIpc) is 3.67. The van der Waals surface area contributed by atoms with Crippen LogP contribution in [0.25, 0.3) is 22.5 Å². The number of aryl methyl sites for hydroxylation is 1. The molecule has 0 saturated carbocycles. The summed E-state index contributed by atoms with van der Waals surface area (Å²) >= 11 is 6.64. The molecule has 0 amide bonds. The molecule has 2 N–H and O–H groups in total. The summed E-state index contributed by atoms with van der Waals surface area (Å²) in [6.45, 7) is 2.74. The standard InChI is InChI=1S/C32H34ClN7O2/c1-3-4-14-29-35-30(33)28(21-42-32(41)27(34-2)19-22-10-6-5-7-11-22)40(29)20-23-15-17-24(18-16-23)25-12-8-9-13-26(25)31-36-38-39-37-31/h5-13,15-18,27,34H,3-4,14,19-21H2,1-2H3,(H,36,37,38,39)/t27-/m0/s1. The number of hydrogen-bond acceptors (Lipinski definition) is 7. The first-order chi connectivity index (χ1) is 20.6. The number of halogens is 1. The highest BCUT2D eigenvalue weighted by atomic mass is 35.5. The fraction of sp³-hybridized carbons (Fsp3) is 0.281. The molecule has 1 atom stereocenters. The molecule has 2 aromatic heterocycles. The molecule has 5 rings (SSSR count). The van der Waals surface area contributed by atoms with Crippen LogP contribution in [0.3, 0.4) is 0 Å². The molecule has 0 aliphatic rings. The molecule has 2 heterocycles. The normalized spacial score (nSPS) is 11.9. The zero-order chi connectivity index (χ0) is 29.3. The molecule has 0 fully saturated rings. The van der Waals surface area contributed by atoms with Gasteiger partial charge in [-0.05, 0) is 47.4 Å². The first-order valence-electron chi connectivity index (χ1n) is 14.1. The van der Waals surface area contributed by atoms with Crippen molar-refractivity contribution < 1.29 is 9.53 Å². The topological polar surface area (TPSA) is 111 Å². The number of likely N-dealkylation sites (N-methyl/N-ethyl adjacent to an activating group) is 1. The number of carbonyl (C=O) groups is 1. The van der Waals surface area contributed by atoms with E-state index in [1.807, 2.05) is 54.6 Å². The number of esters is 1. The van der Waals surface area contributed by atoms with E-state index in [-0.39, 0.29) is 12.6 Å². The molecule has 216 valence electrons. The smallest absolute Gasteiger partial charge is 0.323 e. The van der Waals surface area contributed by atoms with Gasteiger partial charge in [0.05, 0.1) is 5.69 Å². The SMILES string of the molecule is CCCCc1nc(Cl)c(COC(=O)[C@H](Cc2ccccc2)NC)n1Cc1ccc(-c2ccccc2-c2nn[nH]n2)cc1. The first-order valence-corrected chi connectivity index (χ1v) is 14.5. The van der Waals surface area contributed by atoms with Gasteiger partial charge in [-0.15, -0.1) is 10.2 Å². The number of rotatable bonds is 13. The third-order valence-electron chi connectivity index (χ3n) is 7.24. The van der Waals surface area contributed by atoms with Crippen molar-refractivity contribution in [3.05, 3.63) is 107 Å². The Morgan fingerprint density at radius 1 is 1.00 bits per heavy atom. The van der Waals surface area contributed by atoms with E-state index in [1.165, 1.54) is 0 Å². The van der Waals surface area contributed by atoms with Crippen molar-refractivity contribution in [1.29, 1.82) is 0 Å². The van der Waals surface area contributed by atoms with Gasteiger partial charge >= 0.3 is 5.97 Å². The van der Waals surface area contributed by atoms with Crippen molar-refractivity contribution in [3.63, 3.8) is 0 Å². The summed E-state index contributed by atoms with van der Waals surface area (Å²) in [4.78, 5) is 17.7. The van der Waals surface area contributed by atoms with Crippen molar-refractivity contribution in [2.75, 3.05) is 7.05 Å². The highest BCUT2D eigenvalue weighted by molar-refractivity contribution is 6.30. The molecular formula is C32H34ClN7O2. The summed E-state index contributed by atoms with van der Waals surface area (Å²) in [5.41, 5.74) is 5.78. The van der Waals surface area contributed by atoms with Gasteiger partial charge in [0.15, 0.2) is 5.15 Å². The van der Waals surface area contributed by atoms with Gasteiger partial charge in [0.2, 0.25) is 5.82 Å². The summed E-state index contributed by atoms with van der Waals surface area (Å²) in [7, 11) is 1.76. The molecule has 0 unspecified atom stereocenters. The van der Waals surface area contributed by atoms with E-state index >= 15 is 0 Å². The van der Waals surface area contributed by atoms with Gasteiger partial charge in [-0.25, -0.2) is 4.98 Å². The minimum Gasteiger partial charge on any atom is -0.458 e. The highest BCUT2D eigenvalue weighted by Gasteiger charge is 2.22. The van der Waals surface area contributed by atoms with Crippen molar-refractivity contribution >= 4 is 17.6 Å². The van der Waals surface area contributed by atoms with Gasteiger partial charge in [0, 0.05) is 18.5 Å². The van der Waals surface area contributed by atoms with Crippen LogP contribution in [-0.2, 0) is 35.5 Å². The van der Waals surface area contributed by atoms with Crippen LogP contribution in [-0.4, -0.2) is 49.2 Å². The van der Waals surface area contributed by atoms with Crippen LogP contribution in [0.5, 0.6) is 0 Å². The second-order valence-corrected chi connectivity index (χ2v) is 10.4. The first kappa shape index (κ1) is 29.2. The van der Waals surface area contributed by atoms with Crippen LogP contribution in [0, 0.1) is 0 Å². The van der Waals surface area contributed by atoms with Crippen LogP contribution in [0.2, 0.25) is 5.15 Å². The Hall–Kier alpha value is -4.34. The molecule has 3 aromatic carbocycles. The number of benzene rings is 3. The van der Waals surface area contributed by atoms with Gasteiger partial charge in [0.25, 0.3) is 0 Å². The molecule has 5 aromatic rings. The van der Waals surface area contributed by atoms with Crippen molar-refractivity contribution in [3.8, 4) is 22.5 Å². The lowest BCUT2D eigenvalue weighted by molar-refractivity contribution is -0.147. The molecule has 0 radical (unpaired) electrons. The fourth-order valence-corrected chi connectivity index (χ4v) is 5.18. The third-order valence-corrected chi connectivity index (χ3v) is 7.55. The Morgan fingerprint density at radius 3 is 2.43 bits per heavy atom. The number of unbranched alkanes of at least 4 members (excludes halogenated alkanes) is 1. The maximum absolute atomic E-state index is 13.0. The van der Waals surface area contributed by atoms with Gasteiger partial charge < -0.3 is 14.6 Å². The Balaban J connectivity index is 1.35. The van der Waals surface area contributed by atoms with E-state index in [0.717, 1.165) is 52.9 Å². The number of aromatic nitrogens is 6. The van der Waals surface area contributed by atoms with E-state index in [9.17, 15) is 4.79 Å². The maximum Gasteiger partial charge on any atom is 0.323 e. The Morgan fingerprint density at radius 2 is 1.74 bits per heavy atom. The van der Waals surface area contributed by atoms with Crippen molar-refractivity contribution in [1.82, 2.24) is 35.5 Å². The molecule has 0 aliphatic carbocycles. The molecule has 9 nitrogen and oxygen atoms in total. The lowest BCUT2D eigenvalue weighted by atomic mass is 9.98. The quantitative estimate of drug-likeness (QED) is 0.172. The average molecular weight is 584 g/mol. The lowest BCUT2D eigenvalue weighted by Crippen LogP contribution is -2.37. The fourth-order valence-electron chi connectivity index (χ4n) is 4.93. The van der Waals surface area contributed by atoms with Gasteiger partial charge in [-0.3, -0.25) is 4.79 Å². The summed E-state index contributed by atoms with van der Waals surface area (Å²) in [6, 6.07) is 25.7. The van der Waals surface area contributed by atoms with E-state index < -0.39 is 6.04 Å². The van der Waals surface area contributed by atoms with Crippen LogP contribution >= 0.6 is 11.6 Å². The summed E-state index contributed by atoms with van der Waals surface area (Å²) in [6.07, 6.45) is 3.34. The number of hydrogen-bond donors (Lipinski definition) is 2. The van der Waals surface area contributed by atoms with Crippen LogP contribution in [0.4, 0.5) is 0 Å². The van der Waals surface area contributed by atoms with Crippen LogP contribution in [0.1, 0.15) is 42.4 Å². The predicted octanol–water partition coefficient (Wildman–Crippen LogP) is 5.65. The Bertz CT molecular complexity index is 1590. The lowest BCUT2D eigenvalue weighted by Gasteiger charge is -2.17. The number of tetrazole rings is 1. The number of nitrogens with zero attached hydrogens (tertiary/aromatic N) is 5. The van der Waals surface area contributed by atoms with Crippen LogP contribution in [0.15, 0.2) is 78.9 Å². The summed E-state index contributed by atoms with van der Waals surface area (Å²) in [5.74, 6) is 1.10. The van der Waals surface area contributed by atoms with E-state index in [2.05, 4.69) is 66.7 Å². The van der Waals surface area contributed by atoms with Gasteiger partial charge in [-0.2, -0.15) is 5.21 Å². The predicted molar refractivity (Wildman–Crippen MR) is 163 cm³/mol. The van der Waals surface area contributed by atoms with Crippen molar-refractivity contribution in [2.24, 2.45) is 0 Å². The second-order valence-electron chi connectivity index (χ2n) is 10.1. The number of imidazole rings is 1. The van der Waals surface area contributed by atoms with E-state index in [4.69, 9.17) is 16.3 Å². The van der Waals surface area contributed by atoms with Gasteiger partial charge in [0.1, 0.15) is 18.5 Å². The number of nitrogens with one attached hydrogen (secondary N) is 2. The molecule has 0 aliphatic heterocycles. The monoisotopic (exact) mass is 583 g/mol. The summed E-state index contributed by atoms with van der Waals surface area (Å²) < 4.78 is 7.87. The van der Waals surface area contributed by atoms with Gasteiger partial charge in [-0.1, -0.05) is 104 Å². The molecule has 0 spiro atoms. The maximum atomic E-state index is 13.0.